The predicted molar refractivity (Wildman–Crippen MR) is 89.0 cm³/mol. The summed E-state index contributed by atoms with van der Waals surface area (Å²) in [7, 11) is 1.73. The van der Waals surface area contributed by atoms with Crippen molar-refractivity contribution in [3.8, 4) is 17.1 Å². The van der Waals surface area contributed by atoms with E-state index in [1.54, 1.807) is 37.0 Å². The number of benzene rings is 1. The summed E-state index contributed by atoms with van der Waals surface area (Å²) in [6.45, 7) is 3.89. The second kappa shape index (κ2) is 6.76. The monoisotopic (exact) mass is 344 g/mol. The minimum absolute atomic E-state index is 0.276. The fraction of sp³-hybridized carbons (Fsp3) is 0.235. The minimum Gasteiger partial charge on any atom is -0.475 e. The van der Waals surface area contributed by atoms with E-state index in [-0.39, 0.29) is 11.4 Å². The van der Waals surface area contributed by atoms with Crippen molar-refractivity contribution in [3.63, 3.8) is 0 Å². The molecule has 25 heavy (non-hydrogen) atoms. The van der Waals surface area contributed by atoms with Crippen molar-refractivity contribution in [1.82, 2.24) is 14.9 Å². The first-order valence-electron chi connectivity index (χ1n) is 7.69. The Labute approximate surface area is 143 Å². The van der Waals surface area contributed by atoms with Gasteiger partial charge in [-0.3, -0.25) is 9.48 Å². The topological polar surface area (TPSA) is 82.2 Å². The summed E-state index contributed by atoms with van der Waals surface area (Å²) < 4.78 is 25.2. The summed E-state index contributed by atoms with van der Waals surface area (Å²) in [6, 6.07) is 5.68. The number of aromatic nitrogens is 3. The van der Waals surface area contributed by atoms with E-state index < -0.39 is 5.91 Å². The first-order chi connectivity index (χ1) is 12.0. The molecule has 0 aliphatic rings. The average Bonchev–Trinajstić information content (AvgIpc) is 3.11. The Bertz CT molecular complexity index is 899. The lowest BCUT2D eigenvalue weighted by Crippen LogP contribution is -2.14. The molecule has 0 radical (unpaired) electrons. The van der Waals surface area contributed by atoms with E-state index in [0.29, 0.717) is 35.2 Å². The maximum Gasteiger partial charge on any atom is 0.261 e. The molecule has 130 valence electrons. The average molecular weight is 344 g/mol. The maximum atomic E-state index is 13.1. The highest BCUT2D eigenvalue weighted by molar-refractivity contribution is 6.09. The van der Waals surface area contributed by atoms with Crippen LogP contribution in [0.3, 0.4) is 0 Å². The first-order valence-corrected chi connectivity index (χ1v) is 7.69. The molecule has 0 spiro atoms. The quantitative estimate of drug-likeness (QED) is 0.769. The van der Waals surface area contributed by atoms with Crippen molar-refractivity contribution in [2.75, 3.05) is 11.9 Å². The van der Waals surface area contributed by atoms with Crippen LogP contribution in [0.25, 0.3) is 11.3 Å². The van der Waals surface area contributed by atoms with E-state index >= 15 is 0 Å². The van der Waals surface area contributed by atoms with Crippen LogP contribution >= 0.6 is 0 Å². The SMILES string of the molecule is CCOc1nn(C)cc1NC(=O)c1c(-c2ccc(F)cc2)noc1C. The second-order valence-corrected chi connectivity index (χ2v) is 5.38. The molecule has 0 aliphatic carbocycles. The van der Waals surface area contributed by atoms with Gasteiger partial charge >= 0.3 is 0 Å². The van der Waals surface area contributed by atoms with Gasteiger partial charge in [0.15, 0.2) is 0 Å². The van der Waals surface area contributed by atoms with Crippen LogP contribution in [0.2, 0.25) is 0 Å². The summed E-state index contributed by atoms with van der Waals surface area (Å²) in [5, 5.41) is 10.8. The molecule has 3 aromatic rings. The molecule has 3 rings (SSSR count). The highest BCUT2D eigenvalue weighted by Gasteiger charge is 2.23. The van der Waals surface area contributed by atoms with Gasteiger partial charge in [0.25, 0.3) is 11.8 Å². The number of hydrogen-bond acceptors (Lipinski definition) is 5. The zero-order valence-corrected chi connectivity index (χ0v) is 14.0. The number of halogens is 1. The fourth-order valence-electron chi connectivity index (χ4n) is 2.43. The molecule has 0 aliphatic heterocycles. The van der Waals surface area contributed by atoms with E-state index in [0.717, 1.165) is 0 Å². The van der Waals surface area contributed by atoms with Crippen LogP contribution < -0.4 is 10.1 Å². The Morgan fingerprint density at radius 3 is 2.76 bits per heavy atom. The van der Waals surface area contributed by atoms with Gasteiger partial charge in [-0.1, -0.05) is 5.16 Å². The molecule has 0 saturated heterocycles. The van der Waals surface area contributed by atoms with Crippen LogP contribution in [0.15, 0.2) is 35.0 Å². The molecule has 0 unspecified atom stereocenters. The van der Waals surface area contributed by atoms with Gasteiger partial charge in [0.1, 0.15) is 28.5 Å². The lowest BCUT2D eigenvalue weighted by atomic mass is 10.1. The molecule has 0 bridgehead atoms. The van der Waals surface area contributed by atoms with Gasteiger partial charge in [0.2, 0.25) is 0 Å². The van der Waals surface area contributed by atoms with Gasteiger partial charge in [-0.15, -0.1) is 5.10 Å². The summed E-state index contributed by atoms with van der Waals surface area (Å²) in [5.41, 5.74) is 1.65. The van der Waals surface area contributed by atoms with Crippen molar-refractivity contribution in [2.24, 2.45) is 7.05 Å². The van der Waals surface area contributed by atoms with E-state index in [1.165, 1.54) is 12.1 Å². The van der Waals surface area contributed by atoms with E-state index in [9.17, 15) is 9.18 Å². The van der Waals surface area contributed by atoms with Crippen LogP contribution in [-0.4, -0.2) is 27.5 Å². The molecule has 7 nitrogen and oxygen atoms in total. The van der Waals surface area contributed by atoms with Crippen molar-refractivity contribution in [2.45, 2.75) is 13.8 Å². The molecule has 0 saturated carbocycles. The van der Waals surface area contributed by atoms with Crippen LogP contribution in [0.5, 0.6) is 5.88 Å². The van der Waals surface area contributed by atoms with E-state index in [4.69, 9.17) is 9.26 Å². The molecule has 0 fully saturated rings. The standard InChI is InChI=1S/C17H17FN4O3/c1-4-24-17-13(9-22(3)20-17)19-16(23)14-10(2)25-21-15(14)11-5-7-12(18)8-6-11/h5-9H,4H2,1-3H3,(H,19,23). The van der Waals surface area contributed by atoms with Gasteiger partial charge in [-0.2, -0.15) is 0 Å². The molecular weight excluding hydrogens is 327 g/mol. The van der Waals surface area contributed by atoms with Crippen molar-refractivity contribution < 1.29 is 18.4 Å². The Morgan fingerprint density at radius 1 is 1.36 bits per heavy atom. The largest absolute Gasteiger partial charge is 0.475 e. The smallest absolute Gasteiger partial charge is 0.261 e. The molecule has 1 aromatic carbocycles. The van der Waals surface area contributed by atoms with Crippen molar-refractivity contribution in [1.29, 1.82) is 0 Å². The van der Waals surface area contributed by atoms with Crippen LogP contribution in [0.1, 0.15) is 23.0 Å². The summed E-state index contributed by atoms with van der Waals surface area (Å²) in [4.78, 5) is 12.7. The number of ether oxygens (including phenoxy) is 1. The number of carbonyl (C=O) groups is 1. The summed E-state index contributed by atoms with van der Waals surface area (Å²) in [6.07, 6.45) is 1.64. The van der Waals surface area contributed by atoms with Crippen molar-refractivity contribution in [3.05, 3.63) is 47.6 Å². The Morgan fingerprint density at radius 2 is 2.08 bits per heavy atom. The Balaban J connectivity index is 1.93. The molecular formula is C17H17FN4O3. The zero-order chi connectivity index (χ0) is 18.0. The highest BCUT2D eigenvalue weighted by atomic mass is 19.1. The van der Waals surface area contributed by atoms with Gasteiger partial charge in [0.05, 0.1) is 12.8 Å². The number of anilines is 1. The normalized spacial score (nSPS) is 10.7. The van der Waals surface area contributed by atoms with Crippen molar-refractivity contribution >= 4 is 11.6 Å². The number of amides is 1. The predicted octanol–water partition coefficient (Wildman–Crippen LogP) is 3.17. The second-order valence-electron chi connectivity index (χ2n) is 5.38. The van der Waals surface area contributed by atoms with Gasteiger partial charge in [-0.25, -0.2) is 4.39 Å². The zero-order valence-electron chi connectivity index (χ0n) is 14.0. The molecule has 2 aromatic heterocycles. The fourth-order valence-corrected chi connectivity index (χ4v) is 2.43. The van der Waals surface area contributed by atoms with Crippen LogP contribution in [0.4, 0.5) is 10.1 Å². The number of rotatable bonds is 5. The summed E-state index contributed by atoms with van der Waals surface area (Å²) in [5.74, 6) is -0.0897. The van der Waals surface area contributed by atoms with Gasteiger partial charge < -0.3 is 14.6 Å². The number of aryl methyl sites for hydroxylation is 2. The van der Waals surface area contributed by atoms with Crippen LogP contribution in [0, 0.1) is 12.7 Å². The van der Waals surface area contributed by atoms with Gasteiger partial charge in [-0.05, 0) is 38.1 Å². The molecule has 8 heteroatoms. The van der Waals surface area contributed by atoms with Gasteiger partial charge in [0, 0.05) is 12.6 Å². The third-order valence-corrected chi connectivity index (χ3v) is 3.53. The Kier molecular flexibility index (Phi) is 4.51. The molecule has 2 heterocycles. The number of carbonyl (C=O) groups excluding carboxylic acids is 1. The minimum atomic E-state index is -0.410. The van der Waals surface area contributed by atoms with E-state index in [2.05, 4.69) is 15.6 Å². The summed E-state index contributed by atoms with van der Waals surface area (Å²) >= 11 is 0. The number of nitrogens with one attached hydrogen (secondary N) is 1. The maximum absolute atomic E-state index is 13.1. The third kappa shape index (κ3) is 3.37. The van der Waals surface area contributed by atoms with E-state index in [1.807, 2.05) is 6.92 Å². The number of nitrogens with zero attached hydrogens (tertiary/aromatic N) is 3. The Hall–Kier alpha value is -3.16. The van der Waals surface area contributed by atoms with Crippen LogP contribution in [-0.2, 0) is 7.05 Å². The highest BCUT2D eigenvalue weighted by Crippen LogP contribution is 2.28. The lowest BCUT2D eigenvalue weighted by molar-refractivity contribution is 0.102. The third-order valence-electron chi connectivity index (χ3n) is 3.53. The molecule has 1 amide bonds. The molecule has 1 N–H and O–H groups in total. The first kappa shape index (κ1) is 16.7. The molecule has 0 atom stereocenters. The lowest BCUT2D eigenvalue weighted by Gasteiger charge is -2.06. The number of hydrogen-bond donors (Lipinski definition) is 1.